The number of hydrogen-bond acceptors (Lipinski definition) is 3. The number of halogens is 1. The van der Waals surface area contributed by atoms with Crippen molar-refractivity contribution >= 4 is 5.69 Å². The Morgan fingerprint density at radius 3 is 2.76 bits per heavy atom. The largest absolute Gasteiger partial charge is 0.396 e. The minimum absolute atomic E-state index is 0.263. The zero-order valence-corrected chi connectivity index (χ0v) is 11.9. The van der Waals surface area contributed by atoms with Crippen molar-refractivity contribution in [2.75, 3.05) is 5.73 Å². The van der Waals surface area contributed by atoms with Crippen molar-refractivity contribution in [2.45, 2.75) is 20.4 Å². The lowest BCUT2D eigenvalue weighted by Gasteiger charge is -2.05. The predicted octanol–water partition coefficient (Wildman–Crippen LogP) is 2.79. The van der Waals surface area contributed by atoms with Gasteiger partial charge in [0.1, 0.15) is 11.5 Å². The van der Waals surface area contributed by atoms with E-state index in [1.165, 1.54) is 12.1 Å². The Balaban J connectivity index is 2.05. The van der Waals surface area contributed by atoms with Crippen molar-refractivity contribution in [3.8, 4) is 16.9 Å². The van der Waals surface area contributed by atoms with Gasteiger partial charge in [0, 0.05) is 18.3 Å². The van der Waals surface area contributed by atoms with Gasteiger partial charge in [-0.15, -0.1) is 0 Å². The third-order valence-corrected chi connectivity index (χ3v) is 3.38. The number of nitrogens with two attached hydrogens (primary N) is 1. The molecule has 0 radical (unpaired) electrons. The smallest absolute Gasteiger partial charge is 0.123 e. The quantitative estimate of drug-likeness (QED) is 0.805. The molecule has 0 aliphatic rings. The van der Waals surface area contributed by atoms with Crippen LogP contribution in [0.3, 0.4) is 0 Å². The van der Waals surface area contributed by atoms with E-state index < -0.39 is 0 Å². The number of rotatable bonds is 3. The number of hydrogen-bond donors (Lipinski definition) is 1. The molecule has 0 saturated heterocycles. The molecule has 0 fully saturated rings. The fourth-order valence-electron chi connectivity index (χ4n) is 2.27. The second-order valence-electron chi connectivity index (χ2n) is 4.89. The Morgan fingerprint density at radius 1 is 1.29 bits per heavy atom. The predicted molar refractivity (Wildman–Crippen MR) is 79.6 cm³/mol. The first-order valence-corrected chi connectivity index (χ1v) is 6.73. The molecule has 2 aromatic heterocycles. The molecule has 2 N–H and O–H groups in total. The van der Waals surface area contributed by atoms with Crippen molar-refractivity contribution in [3.05, 3.63) is 48.2 Å². The highest BCUT2D eigenvalue weighted by atomic mass is 19.1. The third-order valence-electron chi connectivity index (χ3n) is 3.38. The van der Waals surface area contributed by atoms with Crippen LogP contribution in [0.25, 0.3) is 16.9 Å². The number of aryl methyl sites for hydroxylation is 2. The summed E-state index contributed by atoms with van der Waals surface area (Å²) in [6, 6.07) is 4.58. The Hall–Kier alpha value is -2.63. The molecule has 5 nitrogen and oxygen atoms in total. The first kappa shape index (κ1) is 13.4. The highest BCUT2D eigenvalue weighted by Gasteiger charge is 2.12. The zero-order chi connectivity index (χ0) is 15.0. The van der Waals surface area contributed by atoms with Crippen LogP contribution in [-0.4, -0.2) is 19.6 Å². The fourth-order valence-corrected chi connectivity index (χ4v) is 2.27. The van der Waals surface area contributed by atoms with E-state index in [-0.39, 0.29) is 5.82 Å². The summed E-state index contributed by atoms with van der Waals surface area (Å²) in [5.41, 5.74) is 9.76. The lowest BCUT2D eigenvalue weighted by molar-refractivity contribution is 0.625. The molecule has 0 aliphatic heterocycles. The van der Waals surface area contributed by atoms with E-state index in [1.54, 1.807) is 23.1 Å². The second kappa shape index (κ2) is 5.05. The lowest BCUT2D eigenvalue weighted by atomic mass is 10.2. The van der Waals surface area contributed by atoms with Crippen LogP contribution in [0.15, 0.2) is 36.8 Å². The third kappa shape index (κ3) is 2.40. The van der Waals surface area contributed by atoms with Crippen LogP contribution >= 0.6 is 0 Å². The topological polar surface area (TPSA) is 61.7 Å². The van der Waals surface area contributed by atoms with Crippen LogP contribution in [0.5, 0.6) is 0 Å². The van der Waals surface area contributed by atoms with Gasteiger partial charge >= 0.3 is 0 Å². The maximum atomic E-state index is 13.2. The molecular weight excluding hydrogens is 269 g/mol. The van der Waals surface area contributed by atoms with E-state index in [1.807, 2.05) is 24.7 Å². The highest BCUT2D eigenvalue weighted by Crippen LogP contribution is 2.26. The van der Waals surface area contributed by atoms with Crippen molar-refractivity contribution < 1.29 is 4.39 Å². The van der Waals surface area contributed by atoms with Gasteiger partial charge in [0.15, 0.2) is 0 Å². The number of benzene rings is 1. The monoisotopic (exact) mass is 285 g/mol. The average molecular weight is 285 g/mol. The fraction of sp³-hybridized carbons (Fsp3) is 0.200. The number of nitrogen functional groups attached to an aromatic ring is 1. The van der Waals surface area contributed by atoms with Gasteiger partial charge in [-0.3, -0.25) is 4.68 Å². The standard InChI is InChI=1S/C15H16FN5/c1-3-20-8-11(7-18-20)15-13(17)9-21(19-15)14-5-4-12(16)6-10(14)2/h4-9H,3,17H2,1-2H3. The minimum atomic E-state index is -0.263. The minimum Gasteiger partial charge on any atom is -0.396 e. The zero-order valence-electron chi connectivity index (χ0n) is 11.9. The molecule has 108 valence electrons. The second-order valence-corrected chi connectivity index (χ2v) is 4.89. The first-order valence-electron chi connectivity index (χ1n) is 6.73. The molecule has 21 heavy (non-hydrogen) atoms. The summed E-state index contributed by atoms with van der Waals surface area (Å²) in [5, 5.41) is 8.73. The van der Waals surface area contributed by atoms with Crippen LogP contribution in [-0.2, 0) is 6.54 Å². The van der Waals surface area contributed by atoms with E-state index in [9.17, 15) is 4.39 Å². The molecule has 6 heteroatoms. The highest BCUT2D eigenvalue weighted by molar-refractivity contribution is 5.71. The van der Waals surface area contributed by atoms with Gasteiger partial charge in [-0.2, -0.15) is 10.2 Å². The lowest BCUT2D eigenvalue weighted by Crippen LogP contribution is -1.98. The Labute approximate surface area is 121 Å². The van der Waals surface area contributed by atoms with Crippen LogP contribution in [0, 0.1) is 12.7 Å². The summed E-state index contributed by atoms with van der Waals surface area (Å²) in [7, 11) is 0. The SMILES string of the molecule is CCn1cc(-c2nn(-c3ccc(F)cc3C)cc2N)cn1. The van der Waals surface area contributed by atoms with Gasteiger partial charge in [-0.05, 0) is 37.6 Å². The van der Waals surface area contributed by atoms with Crippen molar-refractivity contribution in [1.82, 2.24) is 19.6 Å². The van der Waals surface area contributed by atoms with E-state index in [0.29, 0.717) is 11.4 Å². The first-order chi connectivity index (χ1) is 10.1. The molecule has 0 spiro atoms. The Morgan fingerprint density at radius 2 is 2.10 bits per heavy atom. The van der Waals surface area contributed by atoms with Crippen LogP contribution < -0.4 is 5.73 Å². The van der Waals surface area contributed by atoms with Gasteiger partial charge < -0.3 is 5.73 Å². The molecule has 3 rings (SSSR count). The number of anilines is 1. The summed E-state index contributed by atoms with van der Waals surface area (Å²) in [6.45, 7) is 4.64. The maximum Gasteiger partial charge on any atom is 0.123 e. The summed E-state index contributed by atoms with van der Waals surface area (Å²) in [6.07, 6.45) is 5.38. The molecule has 2 heterocycles. The van der Waals surface area contributed by atoms with E-state index >= 15 is 0 Å². The molecule has 0 bridgehead atoms. The van der Waals surface area contributed by atoms with Crippen LogP contribution in [0.1, 0.15) is 12.5 Å². The van der Waals surface area contributed by atoms with Gasteiger partial charge in [0.25, 0.3) is 0 Å². The molecule has 0 aliphatic carbocycles. The molecule has 0 atom stereocenters. The molecule has 3 aromatic rings. The van der Waals surface area contributed by atoms with E-state index in [2.05, 4.69) is 10.2 Å². The Kier molecular flexibility index (Phi) is 3.21. The van der Waals surface area contributed by atoms with Crippen molar-refractivity contribution in [2.24, 2.45) is 0 Å². The van der Waals surface area contributed by atoms with Gasteiger partial charge in [0.05, 0.1) is 23.8 Å². The molecule has 1 aromatic carbocycles. The molecule has 0 amide bonds. The Bertz CT molecular complexity index is 787. The molecular formula is C15H16FN5. The summed E-state index contributed by atoms with van der Waals surface area (Å²) in [5.74, 6) is -0.263. The normalized spacial score (nSPS) is 11.0. The van der Waals surface area contributed by atoms with Crippen molar-refractivity contribution in [3.63, 3.8) is 0 Å². The molecule has 0 saturated carbocycles. The van der Waals surface area contributed by atoms with Crippen LogP contribution in [0.4, 0.5) is 10.1 Å². The average Bonchev–Trinajstić information content (AvgIpc) is 3.05. The summed E-state index contributed by atoms with van der Waals surface area (Å²) < 4.78 is 16.7. The van der Waals surface area contributed by atoms with E-state index in [0.717, 1.165) is 23.4 Å². The number of nitrogens with zero attached hydrogens (tertiary/aromatic N) is 4. The summed E-state index contributed by atoms with van der Waals surface area (Å²) >= 11 is 0. The van der Waals surface area contributed by atoms with E-state index in [4.69, 9.17) is 5.73 Å². The summed E-state index contributed by atoms with van der Waals surface area (Å²) in [4.78, 5) is 0. The van der Waals surface area contributed by atoms with Gasteiger partial charge in [-0.1, -0.05) is 0 Å². The van der Waals surface area contributed by atoms with Crippen molar-refractivity contribution in [1.29, 1.82) is 0 Å². The number of aromatic nitrogens is 4. The van der Waals surface area contributed by atoms with Crippen LogP contribution in [0.2, 0.25) is 0 Å². The van der Waals surface area contributed by atoms with Gasteiger partial charge in [0.2, 0.25) is 0 Å². The maximum absolute atomic E-state index is 13.2. The van der Waals surface area contributed by atoms with Gasteiger partial charge in [-0.25, -0.2) is 9.07 Å². The molecule has 0 unspecified atom stereocenters.